The molecule has 1 heterocycles. The van der Waals surface area contributed by atoms with Crippen LogP contribution in [0.15, 0.2) is 30.5 Å². The Kier molecular flexibility index (Phi) is 3.95. The molecule has 0 atom stereocenters. The molecule has 21 heavy (non-hydrogen) atoms. The van der Waals surface area contributed by atoms with E-state index in [1.807, 2.05) is 0 Å². The molecule has 0 aliphatic carbocycles. The van der Waals surface area contributed by atoms with Crippen LogP contribution < -0.4 is 10.2 Å². The van der Waals surface area contributed by atoms with Crippen LogP contribution in [-0.2, 0) is 0 Å². The summed E-state index contributed by atoms with van der Waals surface area (Å²) in [5, 5.41) is 23.0. The predicted molar refractivity (Wildman–Crippen MR) is 77.5 cm³/mol. The number of benzene rings is 1. The Morgan fingerprint density at radius 2 is 2.14 bits per heavy atom. The zero-order valence-electron chi connectivity index (χ0n) is 11.4. The summed E-state index contributed by atoms with van der Waals surface area (Å²) in [6.07, 6.45) is 1.14. The number of nitrogens with zero attached hydrogens (tertiary/aromatic N) is 5. The maximum Gasteiger partial charge on any atom is 0.330 e. The molecule has 0 unspecified atom stereocenters. The van der Waals surface area contributed by atoms with Gasteiger partial charge in [0, 0.05) is 14.1 Å². The topological polar surface area (TPSA) is 108 Å². The molecule has 0 fully saturated rings. The fraction of sp³-hybridized carbons (Fsp3) is 0.154. The molecule has 2 aromatic rings. The summed E-state index contributed by atoms with van der Waals surface area (Å²) in [5.41, 5.74) is 0.701. The van der Waals surface area contributed by atoms with Crippen molar-refractivity contribution in [3.8, 4) is 6.07 Å². The SMILES string of the molecule is CNc1ncc([N+](=O)[O-])c(N(C)c2ccccc2C#N)n1. The molecule has 1 N–H and O–H groups in total. The third-order valence-corrected chi connectivity index (χ3v) is 2.87. The van der Waals surface area contributed by atoms with Gasteiger partial charge in [-0.1, -0.05) is 12.1 Å². The molecule has 0 radical (unpaired) electrons. The summed E-state index contributed by atoms with van der Waals surface area (Å²) in [6, 6.07) is 8.86. The number of anilines is 3. The number of hydrogen-bond donors (Lipinski definition) is 1. The van der Waals surface area contributed by atoms with Crippen LogP contribution in [0.4, 0.5) is 23.1 Å². The van der Waals surface area contributed by atoms with E-state index in [1.165, 1.54) is 4.90 Å². The van der Waals surface area contributed by atoms with Gasteiger partial charge in [-0.25, -0.2) is 4.98 Å². The Bertz CT molecular complexity index is 725. The second kappa shape index (κ2) is 5.83. The van der Waals surface area contributed by atoms with Crippen LogP contribution in [0.2, 0.25) is 0 Å². The zero-order valence-corrected chi connectivity index (χ0v) is 11.4. The molecular formula is C13H12N6O2. The lowest BCUT2D eigenvalue weighted by Crippen LogP contribution is -2.16. The highest BCUT2D eigenvalue weighted by molar-refractivity contribution is 5.72. The number of rotatable bonds is 4. The minimum Gasteiger partial charge on any atom is -0.357 e. The average Bonchev–Trinajstić information content (AvgIpc) is 2.53. The van der Waals surface area contributed by atoms with Crippen molar-refractivity contribution >= 4 is 23.1 Å². The van der Waals surface area contributed by atoms with Crippen LogP contribution in [0, 0.1) is 21.4 Å². The number of nitrogens with one attached hydrogen (secondary N) is 1. The first kappa shape index (κ1) is 14.2. The second-order valence-corrected chi connectivity index (χ2v) is 4.10. The van der Waals surface area contributed by atoms with Gasteiger partial charge in [-0.2, -0.15) is 10.2 Å². The van der Waals surface area contributed by atoms with Crippen molar-refractivity contribution in [3.05, 3.63) is 46.1 Å². The second-order valence-electron chi connectivity index (χ2n) is 4.10. The molecule has 0 spiro atoms. The summed E-state index contributed by atoms with van der Waals surface area (Å²) in [5.74, 6) is 0.374. The first-order chi connectivity index (χ1) is 10.1. The molecule has 2 rings (SSSR count). The summed E-state index contributed by atoms with van der Waals surface area (Å²) in [7, 11) is 3.24. The Hall–Kier alpha value is -3.21. The molecule has 1 aromatic heterocycles. The summed E-state index contributed by atoms with van der Waals surface area (Å²) < 4.78 is 0. The predicted octanol–water partition coefficient (Wildman–Crippen LogP) is 2.07. The van der Waals surface area contributed by atoms with Crippen molar-refractivity contribution < 1.29 is 4.92 Å². The maximum atomic E-state index is 11.1. The van der Waals surface area contributed by atoms with Gasteiger partial charge in [0.2, 0.25) is 11.8 Å². The lowest BCUT2D eigenvalue weighted by atomic mass is 10.2. The van der Waals surface area contributed by atoms with Gasteiger partial charge < -0.3 is 10.2 Å². The van der Waals surface area contributed by atoms with E-state index in [0.29, 0.717) is 11.3 Å². The van der Waals surface area contributed by atoms with Crippen LogP contribution >= 0.6 is 0 Å². The van der Waals surface area contributed by atoms with Gasteiger partial charge in [0.05, 0.1) is 16.2 Å². The van der Waals surface area contributed by atoms with E-state index in [9.17, 15) is 10.1 Å². The van der Waals surface area contributed by atoms with Gasteiger partial charge in [0.1, 0.15) is 12.3 Å². The fourth-order valence-corrected chi connectivity index (χ4v) is 1.84. The fourth-order valence-electron chi connectivity index (χ4n) is 1.84. The van der Waals surface area contributed by atoms with Crippen LogP contribution in [-0.4, -0.2) is 29.0 Å². The number of para-hydroxylation sites is 1. The summed E-state index contributed by atoms with van der Waals surface area (Å²) in [4.78, 5) is 20.0. The monoisotopic (exact) mass is 284 g/mol. The van der Waals surface area contributed by atoms with Gasteiger partial charge in [-0.3, -0.25) is 10.1 Å². The smallest absolute Gasteiger partial charge is 0.330 e. The van der Waals surface area contributed by atoms with Crippen molar-refractivity contribution in [1.29, 1.82) is 5.26 Å². The van der Waals surface area contributed by atoms with E-state index in [4.69, 9.17) is 5.26 Å². The van der Waals surface area contributed by atoms with Gasteiger partial charge in [0.15, 0.2) is 0 Å². The molecule has 106 valence electrons. The largest absolute Gasteiger partial charge is 0.357 e. The lowest BCUT2D eigenvalue weighted by molar-refractivity contribution is -0.384. The van der Waals surface area contributed by atoms with Crippen molar-refractivity contribution in [2.24, 2.45) is 0 Å². The molecule has 0 saturated heterocycles. The summed E-state index contributed by atoms with van der Waals surface area (Å²) >= 11 is 0. The van der Waals surface area contributed by atoms with E-state index >= 15 is 0 Å². The van der Waals surface area contributed by atoms with Crippen LogP contribution in [0.3, 0.4) is 0 Å². The third-order valence-electron chi connectivity index (χ3n) is 2.87. The number of nitriles is 1. The first-order valence-electron chi connectivity index (χ1n) is 6.00. The molecule has 1 aromatic carbocycles. The van der Waals surface area contributed by atoms with Crippen molar-refractivity contribution in [2.75, 3.05) is 24.3 Å². The standard InChI is InChI=1S/C13H12N6O2/c1-15-13-16-8-11(19(20)21)12(17-13)18(2)10-6-4-3-5-9(10)7-14/h3-6,8H,1-2H3,(H,15,16,17). The molecule has 0 aliphatic heterocycles. The van der Waals surface area contributed by atoms with Crippen LogP contribution in [0.5, 0.6) is 0 Å². The Morgan fingerprint density at radius 1 is 1.43 bits per heavy atom. The third kappa shape index (κ3) is 2.71. The maximum absolute atomic E-state index is 11.1. The van der Waals surface area contributed by atoms with Crippen molar-refractivity contribution in [2.45, 2.75) is 0 Å². The minimum absolute atomic E-state index is 0.113. The minimum atomic E-state index is -0.555. The Morgan fingerprint density at radius 3 is 2.76 bits per heavy atom. The molecule has 0 saturated carbocycles. The molecule has 0 amide bonds. The number of nitro groups is 1. The Balaban J connectivity index is 2.59. The summed E-state index contributed by atoms with van der Waals surface area (Å²) in [6.45, 7) is 0. The number of hydrogen-bond acceptors (Lipinski definition) is 7. The molecule has 0 bridgehead atoms. The molecule has 0 aliphatic rings. The normalized spacial score (nSPS) is 9.76. The van der Waals surface area contributed by atoms with E-state index < -0.39 is 4.92 Å². The average molecular weight is 284 g/mol. The van der Waals surface area contributed by atoms with Crippen molar-refractivity contribution in [1.82, 2.24) is 9.97 Å². The molecular weight excluding hydrogens is 272 g/mol. The molecule has 8 nitrogen and oxygen atoms in total. The van der Waals surface area contributed by atoms with Crippen molar-refractivity contribution in [3.63, 3.8) is 0 Å². The van der Waals surface area contributed by atoms with Gasteiger partial charge in [-0.15, -0.1) is 0 Å². The highest BCUT2D eigenvalue weighted by Gasteiger charge is 2.22. The Labute approximate surface area is 120 Å². The van der Waals surface area contributed by atoms with E-state index in [-0.39, 0.29) is 17.5 Å². The number of aromatic nitrogens is 2. The lowest BCUT2D eigenvalue weighted by Gasteiger charge is -2.19. The van der Waals surface area contributed by atoms with E-state index in [0.717, 1.165) is 6.20 Å². The highest BCUT2D eigenvalue weighted by atomic mass is 16.6. The van der Waals surface area contributed by atoms with E-state index in [2.05, 4.69) is 21.4 Å². The van der Waals surface area contributed by atoms with Crippen LogP contribution in [0.25, 0.3) is 0 Å². The van der Waals surface area contributed by atoms with Crippen LogP contribution in [0.1, 0.15) is 5.56 Å². The molecule has 8 heteroatoms. The van der Waals surface area contributed by atoms with E-state index in [1.54, 1.807) is 38.4 Å². The van der Waals surface area contributed by atoms with Gasteiger partial charge >= 0.3 is 5.69 Å². The zero-order chi connectivity index (χ0) is 15.4. The first-order valence-corrected chi connectivity index (χ1v) is 6.00. The van der Waals surface area contributed by atoms with Gasteiger partial charge in [-0.05, 0) is 12.1 Å². The highest BCUT2D eigenvalue weighted by Crippen LogP contribution is 2.32. The quantitative estimate of drug-likeness (QED) is 0.676. The van der Waals surface area contributed by atoms with Gasteiger partial charge in [0.25, 0.3) is 0 Å².